The fourth-order valence-electron chi connectivity index (χ4n) is 2.51. The molecule has 0 aliphatic heterocycles. The van der Waals surface area contributed by atoms with Gasteiger partial charge in [0.2, 0.25) is 5.91 Å². The Kier molecular flexibility index (Phi) is 6.38. The van der Waals surface area contributed by atoms with Crippen molar-refractivity contribution in [1.82, 2.24) is 5.32 Å². The molecule has 25 heavy (non-hydrogen) atoms. The molecular formula is C21H23ClFNO. The molecule has 132 valence electrons. The van der Waals surface area contributed by atoms with Crippen molar-refractivity contribution in [1.29, 1.82) is 0 Å². The van der Waals surface area contributed by atoms with E-state index in [2.05, 4.69) is 5.32 Å². The number of benzene rings is 2. The lowest BCUT2D eigenvalue weighted by atomic mass is 9.95. The fourth-order valence-corrected chi connectivity index (χ4v) is 2.64. The molecule has 0 aliphatic carbocycles. The third-order valence-electron chi connectivity index (χ3n) is 3.97. The van der Waals surface area contributed by atoms with Gasteiger partial charge in [-0.15, -0.1) is 0 Å². The largest absolute Gasteiger partial charge is 0.352 e. The lowest BCUT2D eigenvalue weighted by Gasteiger charge is -2.12. The predicted molar refractivity (Wildman–Crippen MR) is 103 cm³/mol. The monoisotopic (exact) mass is 359 g/mol. The molecule has 2 aromatic carbocycles. The molecule has 0 spiro atoms. The van der Waals surface area contributed by atoms with Crippen LogP contribution in [0.25, 0.3) is 17.2 Å². The minimum atomic E-state index is -0.336. The van der Waals surface area contributed by atoms with E-state index in [0.717, 1.165) is 16.7 Å². The van der Waals surface area contributed by atoms with E-state index >= 15 is 0 Å². The van der Waals surface area contributed by atoms with Gasteiger partial charge in [-0.3, -0.25) is 4.79 Å². The van der Waals surface area contributed by atoms with Crippen LogP contribution in [0.15, 0.2) is 42.0 Å². The number of hydrogen-bond donors (Lipinski definition) is 1. The summed E-state index contributed by atoms with van der Waals surface area (Å²) >= 11 is 5.93. The highest BCUT2D eigenvalue weighted by Crippen LogP contribution is 2.29. The number of rotatable bonds is 5. The van der Waals surface area contributed by atoms with Crippen molar-refractivity contribution in [2.45, 2.75) is 27.7 Å². The molecule has 0 atom stereocenters. The molecule has 0 aliphatic rings. The van der Waals surface area contributed by atoms with Crippen LogP contribution in [0.1, 0.15) is 31.9 Å². The van der Waals surface area contributed by atoms with Crippen molar-refractivity contribution < 1.29 is 9.18 Å². The molecule has 2 rings (SSSR count). The quantitative estimate of drug-likeness (QED) is 0.688. The van der Waals surface area contributed by atoms with Crippen LogP contribution in [0.2, 0.25) is 5.02 Å². The third kappa shape index (κ3) is 5.17. The number of hydrogen-bond acceptors (Lipinski definition) is 1. The van der Waals surface area contributed by atoms with Crippen molar-refractivity contribution in [3.05, 3.63) is 63.9 Å². The highest BCUT2D eigenvalue weighted by Gasteiger charge is 2.11. The highest BCUT2D eigenvalue weighted by atomic mass is 35.5. The van der Waals surface area contributed by atoms with Crippen molar-refractivity contribution in [2.75, 3.05) is 6.54 Å². The van der Waals surface area contributed by atoms with Gasteiger partial charge in [0, 0.05) is 17.1 Å². The lowest BCUT2D eigenvalue weighted by Crippen LogP contribution is -2.27. The smallest absolute Gasteiger partial charge is 0.246 e. The predicted octanol–water partition coefficient (Wildman–Crippen LogP) is 5.63. The van der Waals surface area contributed by atoms with E-state index in [1.54, 1.807) is 25.1 Å². The molecule has 0 heterocycles. The van der Waals surface area contributed by atoms with Gasteiger partial charge in [-0.05, 0) is 72.4 Å². The molecule has 0 fully saturated rings. The van der Waals surface area contributed by atoms with Gasteiger partial charge in [0.25, 0.3) is 0 Å². The molecule has 0 unspecified atom stereocenters. The maximum absolute atomic E-state index is 14.1. The third-order valence-corrected chi connectivity index (χ3v) is 4.22. The zero-order chi connectivity index (χ0) is 18.6. The second kappa shape index (κ2) is 8.30. The molecule has 4 heteroatoms. The zero-order valence-electron chi connectivity index (χ0n) is 15.0. The van der Waals surface area contributed by atoms with Crippen LogP contribution in [0.5, 0.6) is 0 Å². The van der Waals surface area contributed by atoms with Crippen LogP contribution in [-0.4, -0.2) is 12.5 Å². The molecule has 0 aromatic heterocycles. The van der Waals surface area contributed by atoms with Gasteiger partial charge < -0.3 is 5.32 Å². The minimum absolute atomic E-state index is 0.134. The summed E-state index contributed by atoms with van der Waals surface area (Å²) < 4.78 is 14.1. The van der Waals surface area contributed by atoms with E-state index in [0.29, 0.717) is 28.6 Å². The number of halogens is 2. The summed E-state index contributed by atoms with van der Waals surface area (Å²) in [6, 6.07) is 10.2. The summed E-state index contributed by atoms with van der Waals surface area (Å²) in [5, 5.41) is 3.51. The topological polar surface area (TPSA) is 29.1 Å². The molecule has 1 N–H and O–H groups in total. The van der Waals surface area contributed by atoms with Crippen LogP contribution < -0.4 is 5.32 Å². The van der Waals surface area contributed by atoms with Crippen molar-refractivity contribution in [3.63, 3.8) is 0 Å². The number of nitrogens with one attached hydrogen (secondary N) is 1. The normalized spacial score (nSPS) is 11.7. The second-order valence-corrected chi connectivity index (χ2v) is 7.04. The van der Waals surface area contributed by atoms with E-state index < -0.39 is 0 Å². The highest BCUT2D eigenvalue weighted by molar-refractivity contribution is 6.30. The maximum Gasteiger partial charge on any atom is 0.246 e. The summed E-state index contributed by atoms with van der Waals surface area (Å²) in [6.07, 6.45) is 1.73. The summed E-state index contributed by atoms with van der Waals surface area (Å²) in [4.78, 5) is 12.2. The Balaban J connectivity index is 2.37. The second-order valence-electron chi connectivity index (χ2n) is 6.61. The van der Waals surface area contributed by atoms with Gasteiger partial charge >= 0.3 is 0 Å². The average molecular weight is 360 g/mol. The van der Waals surface area contributed by atoms with Gasteiger partial charge in [-0.2, -0.15) is 0 Å². The summed E-state index contributed by atoms with van der Waals surface area (Å²) in [5.41, 5.74) is 3.84. The van der Waals surface area contributed by atoms with Crippen molar-refractivity contribution >= 4 is 23.6 Å². The summed E-state index contributed by atoms with van der Waals surface area (Å²) in [6.45, 7) is 8.35. The Labute approximate surface area is 153 Å². The maximum atomic E-state index is 14.1. The van der Waals surface area contributed by atoms with Crippen LogP contribution in [-0.2, 0) is 4.79 Å². The Morgan fingerprint density at radius 3 is 2.48 bits per heavy atom. The van der Waals surface area contributed by atoms with Gasteiger partial charge in [0.1, 0.15) is 5.82 Å². The Morgan fingerprint density at radius 1 is 1.24 bits per heavy atom. The Morgan fingerprint density at radius 2 is 1.88 bits per heavy atom. The molecular weight excluding hydrogens is 337 g/mol. The Hall–Kier alpha value is -2.13. The molecule has 0 radical (unpaired) electrons. The van der Waals surface area contributed by atoms with E-state index in [-0.39, 0.29) is 11.7 Å². The number of carbonyl (C=O) groups excluding carboxylic acids is 1. The number of carbonyl (C=O) groups is 1. The van der Waals surface area contributed by atoms with Gasteiger partial charge in [-0.1, -0.05) is 37.6 Å². The minimum Gasteiger partial charge on any atom is -0.352 e. The lowest BCUT2D eigenvalue weighted by molar-refractivity contribution is -0.117. The van der Waals surface area contributed by atoms with E-state index in [1.807, 2.05) is 32.9 Å². The van der Waals surface area contributed by atoms with Crippen LogP contribution in [0, 0.1) is 18.7 Å². The molecule has 0 saturated carbocycles. The first kappa shape index (κ1) is 19.2. The summed E-state index contributed by atoms with van der Waals surface area (Å²) in [7, 11) is 0. The Bertz CT molecular complexity index is 794. The SMILES string of the molecule is C/C(=C\c1cc(F)cc(-c2ccc(Cl)cc2)c1C)C(=O)NCC(C)C. The van der Waals surface area contributed by atoms with Gasteiger partial charge in [0.05, 0.1) is 0 Å². The number of amides is 1. The van der Waals surface area contributed by atoms with E-state index in [1.165, 1.54) is 12.1 Å². The van der Waals surface area contributed by atoms with Crippen molar-refractivity contribution in [2.24, 2.45) is 5.92 Å². The van der Waals surface area contributed by atoms with Crippen LogP contribution in [0.4, 0.5) is 4.39 Å². The van der Waals surface area contributed by atoms with E-state index in [9.17, 15) is 9.18 Å². The van der Waals surface area contributed by atoms with Crippen LogP contribution >= 0.6 is 11.6 Å². The molecule has 0 bridgehead atoms. The first-order chi connectivity index (χ1) is 11.8. The first-order valence-corrected chi connectivity index (χ1v) is 8.68. The van der Waals surface area contributed by atoms with Gasteiger partial charge in [0.15, 0.2) is 0 Å². The van der Waals surface area contributed by atoms with E-state index in [4.69, 9.17) is 11.6 Å². The van der Waals surface area contributed by atoms with Crippen molar-refractivity contribution in [3.8, 4) is 11.1 Å². The summed E-state index contributed by atoms with van der Waals surface area (Å²) in [5.74, 6) is -0.0910. The molecule has 0 saturated heterocycles. The average Bonchev–Trinajstić information content (AvgIpc) is 2.56. The zero-order valence-corrected chi connectivity index (χ0v) is 15.7. The molecule has 2 aromatic rings. The fraction of sp³-hybridized carbons (Fsp3) is 0.286. The molecule has 2 nitrogen and oxygen atoms in total. The van der Waals surface area contributed by atoms with Gasteiger partial charge in [-0.25, -0.2) is 4.39 Å². The molecule has 1 amide bonds. The standard InChI is InChI=1S/C21H23ClFNO/c1-13(2)12-24-21(25)14(3)9-17-10-19(23)11-20(15(17)4)16-5-7-18(22)8-6-16/h5-11,13H,12H2,1-4H3,(H,24,25)/b14-9+. The first-order valence-electron chi connectivity index (χ1n) is 8.30. The van der Waals surface area contributed by atoms with Crippen LogP contribution in [0.3, 0.4) is 0 Å².